The molecule has 0 N–H and O–H groups in total. The van der Waals surface area contributed by atoms with Gasteiger partial charge in [0.15, 0.2) is 5.17 Å². The summed E-state index contributed by atoms with van der Waals surface area (Å²) in [5.74, 6) is 1.13. The van der Waals surface area contributed by atoms with Gasteiger partial charge in [0.05, 0.1) is 18.3 Å². The molecule has 144 valence electrons. The van der Waals surface area contributed by atoms with E-state index in [4.69, 9.17) is 9.73 Å². The second kappa shape index (κ2) is 7.68. The van der Waals surface area contributed by atoms with Gasteiger partial charge in [-0.3, -0.25) is 9.98 Å². The van der Waals surface area contributed by atoms with E-state index < -0.39 is 0 Å². The van der Waals surface area contributed by atoms with E-state index in [0.29, 0.717) is 6.04 Å². The Bertz CT molecular complexity index is 832. The summed E-state index contributed by atoms with van der Waals surface area (Å²) in [5, 5.41) is 1.18. The third-order valence-electron chi connectivity index (χ3n) is 5.78. The maximum Gasteiger partial charge on any atom is 0.160 e. The predicted molar refractivity (Wildman–Crippen MR) is 111 cm³/mol. The number of hydrogen-bond donors (Lipinski definition) is 0. The summed E-state index contributed by atoms with van der Waals surface area (Å²) in [7, 11) is 1.76. The van der Waals surface area contributed by atoms with Crippen LogP contribution in [0.4, 0.5) is 0 Å². The molecular weight excluding hydrogens is 356 g/mol. The normalized spacial score (nSPS) is 24.4. The van der Waals surface area contributed by atoms with Crippen molar-refractivity contribution in [3.05, 3.63) is 53.1 Å². The maximum absolute atomic E-state index is 5.32. The Balaban J connectivity index is 1.78. The second-order valence-corrected chi connectivity index (χ2v) is 8.29. The van der Waals surface area contributed by atoms with Crippen LogP contribution < -0.4 is 0 Å². The summed E-state index contributed by atoms with van der Waals surface area (Å²) in [6.07, 6.45) is 3.02. The number of rotatable bonds is 6. The number of ether oxygens (including phenoxy) is 1. The fourth-order valence-corrected chi connectivity index (χ4v) is 5.68. The number of aliphatic imine (C=N–C) groups is 1. The minimum Gasteiger partial charge on any atom is -0.383 e. The molecule has 3 atom stereocenters. The summed E-state index contributed by atoms with van der Waals surface area (Å²) in [6.45, 7) is 8.31. The molecule has 2 aromatic rings. The summed E-state index contributed by atoms with van der Waals surface area (Å²) in [6, 6.07) is 9.31. The highest BCUT2D eigenvalue weighted by Gasteiger charge is 2.46. The Hall–Kier alpha value is -1.79. The van der Waals surface area contributed by atoms with Crippen LogP contribution >= 0.6 is 11.8 Å². The van der Waals surface area contributed by atoms with Crippen LogP contribution in [0.2, 0.25) is 0 Å². The molecule has 1 saturated heterocycles. The van der Waals surface area contributed by atoms with Gasteiger partial charge < -0.3 is 14.2 Å². The van der Waals surface area contributed by atoms with Gasteiger partial charge in [0.25, 0.3) is 0 Å². The van der Waals surface area contributed by atoms with Gasteiger partial charge in [-0.15, -0.1) is 0 Å². The molecule has 2 aliphatic heterocycles. The number of pyridine rings is 1. The van der Waals surface area contributed by atoms with Crippen LogP contribution in [0.5, 0.6) is 0 Å². The number of amidine groups is 1. The van der Waals surface area contributed by atoms with Gasteiger partial charge in [0.1, 0.15) is 6.04 Å². The topological polar surface area (TPSA) is 42.6 Å². The van der Waals surface area contributed by atoms with Crippen molar-refractivity contribution in [2.45, 2.75) is 51.9 Å². The third kappa shape index (κ3) is 3.19. The van der Waals surface area contributed by atoms with Gasteiger partial charge in [-0.05, 0) is 44.0 Å². The summed E-state index contributed by atoms with van der Waals surface area (Å²) >= 11 is 1.89. The average Bonchev–Trinajstić information content (AvgIpc) is 3.33. The third-order valence-corrected chi connectivity index (χ3v) is 6.91. The van der Waals surface area contributed by atoms with E-state index in [-0.39, 0.29) is 12.1 Å². The van der Waals surface area contributed by atoms with Crippen molar-refractivity contribution >= 4 is 16.9 Å². The largest absolute Gasteiger partial charge is 0.383 e. The Morgan fingerprint density at radius 3 is 2.85 bits per heavy atom. The monoisotopic (exact) mass is 384 g/mol. The van der Waals surface area contributed by atoms with Gasteiger partial charge in [-0.25, -0.2) is 0 Å². The zero-order chi connectivity index (χ0) is 19.0. The molecule has 0 amide bonds. The van der Waals surface area contributed by atoms with Gasteiger partial charge >= 0.3 is 0 Å². The van der Waals surface area contributed by atoms with Crippen LogP contribution in [0.25, 0.3) is 0 Å². The Morgan fingerprint density at radius 2 is 2.15 bits per heavy atom. The van der Waals surface area contributed by atoms with E-state index in [1.807, 2.05) is 24.0 Å². The van der Waals surface area contributed by atoms with Crippen molar-refractivity contribution in [2.75, 3.05) is 19.5 Å². The molecule has 4 heterocycles. The molecule has 2 aliphatic rings. The van der Waals surface area contributed by atoms with Crippen molar-refractivity contribution < 1.29 is 4.74 Å². The zero-order valence-electron chi connectivity index (χ0n) is 16.6. The number of nitrogens with zero attached hydrogens (tertiary/aromatic N) is 4. The lowest BCUT2D eigenvalue weighted by atomic mass is 9.95. The standard InChI is InChI=1S/C21H28N4OS/c1-5-16-13-27-21-23-19(18-8-6-7-9-22-18)20(25(16)21)17-12-14(2)24(15(17)3)10-11-26-4/h6-9,12,16,19-20H,5,10-11,13H2,1-4H3/t16-,19-,20-/m1/s1. The van der Waals surface area contributed by atoms with Crippen LogP contribution in [0.3, 0.4) is 0 Å². The highest BCUT2D eigenvalue weighted by molar-refractivity contribution is 8.14. The first kappa shape index (κ1) is 18.6. The molecule has 27 heavy (non-hydrogen) atoms. The number of fused-ring (bicyclic) bond motifs is 1. The van der Waals surface area contributed by atoms with E-state index in [0.717, 1.165) is 31.0 Å². The average molecular weight is 385 g/mol. The summed E-state index contributed by atoms with van der Waals surface area (Å²) in [4.78, 5) is 12.3. The molecule has 2 aromatic heterocycles. The molecule has 6 heteroatoms. The minimum atomic E-state index is 0.0550. The fraction of sp³-hybridized carbons (Fsp3) is 0.524. The van der Waals surface area contributed by atoms with Crippen LogP contribution in [-0.2, 0) is 11.3 Å². The molecule has 0 spiro atoms. The highest BCUT2D eigenvalue weighted by Crippen LogP contribution is 2.49. The van der Waals surface area contributed by atoms with E-state index in [9.17, 15) is 0 Å². The van der Waals surface area contributed by atoms with Crippen molar-refractivity contribution in [2.24, 2.45) is 4.99 Å². The SMILES string of the molecule is CC[C@@H]1CSC2=N[C@H](c3ccccn3)[C@@H](c3cc(C)n(CCOC)c3C)N21. The Kier molecular flexibility index (Phi) is 5.28. The number of hydrogen-bond acceptors (Lipinski definition) is 5. The smallest absolute Gasteiger partial charge is 0.160 e. The van der Waals surface area contributed by atoms with E-state index >= 15 is 0 Å². The van der Waals surface area contributed by atoms with Crippen LogP contribution in [0.1, 0.15) is 48.1 Å². The van der Waals surface area contributed by atoms with Crippen LogP contribution in [0.15, 0.2) is 35.5 Å². The quantitative estimate of drug-likeness (QED) is 0.751. The molecule has 0 unspecified atom stereocenters. The first-order valence-electron chi connectivity index (χ1n) is 9.71. The summed E-state index contributed by atoms with van der Waals surface area (Å²) < 4.78 is 7.69. The summed E-state index contributed by atoms with van der Waals surface area (Å²) in [5.41, 5.74) is 5.03. The van der Waals surface area contributed by atoms with Crippen molar-refractivity contribution in [1.29, 1.82) is 0 Å². The van der Waals surface area contributed by atoms with Crippen molar-refractivity contribution in [3.63, 3.8) is 0 Å². The molecule has 0 aliphatic carbocycles. The maximum atomic E-state index is 5.32. The molecule has 5 nitrogen and oxygen atoms in total. The molecule has 1 fully saturated rings. The predicted octanol–water partition coefficient (Wildman–Crippen LogP) is 4.13. The first-order valence-corrected chi connectivity index (χ1v) is 10.7. The van der Waals surface area contributed by atoms with Crippen LogP contribution in [0, 0.1) is 13.8 Å². The fourth-order valence-electron chi connectivity index (χ4n) is 4.34. The van der Waals surface area contributed by atoms with Gasteiger partial charge in [-0.2, -0.15) is 0 Å². The Morgan fingerprint density at radius 1 is 1.30 bits per heavy atom. The van der Waals surface area contributed by atoms with E-state index in [1.54, 1.807) is 7.11 Å². The van der Waals surface area contributed by atoms with Gasteiger partial charge in [-0.1, -0.05) is 24.8 Å². The number of thioether (sulfide) groups is 1. The van der Waals surface area contributed by atoms with Crippen molar-refractivity contribution in [1.82, 2.24) is 14.5 Å². The van der Waals surface area contributed by atoms with Gasteiger partial charge in [0, 0.05) is 43.0 Å². The highest BCUT2D eigenvalue weighted by atomic mass is 32.2. The molecule has 4 rings (SSSR count). The lowest BCUT2D eigenvalue weighted by molar-refractivity contribution is 0.186. The molecule has 0 bridgehead atoms. The number of aromatic nitrogens is 2. The molecule has 0 saturated carbocycles. The number of methoxy groups -OCH3 is 1. The van der Waals surface area contributed by atoms with Gasteiger partial charge in [0.2, 0.25) is 0 Å². The van der Waals surface area contributed by atoms with E-state index in [2.05, 4.69) is 53.4 Å². The van der Waals surface area contributed by atoms with Crippen LogP contribution in [-0.4, -0.2) is 45.1 Å². The minimum absolute atomic E-state index is 0.0550. The Labute approximate surface area is 165 Å². The zero-order valence-corrected chi connectivity index (χ0v) is 17.4. The second-order valence-electron chi connectivity index (χ2n) is 7.31. The molecule has 0 aromatic carbocycles. The lowest BCUT2D eigenvalue weighted by Crippen LogP contribution is -2.35. The van der Waals surface area contributed by atoms with E-state index in [1.165, 1.54) is 22.1 Å². The first-order chi connectivity index (χ1) is 13.2. The number of aryl methyl sites for hydroxylation is 1. The lowest BCUT2D eigenvalue weighted by Gasteiger charge is -2.32. The van der Waals surface area contributed by atoms with Crippen molar-refractivity contribution in [3.8, 4) is 0 Å². The molecular formula is C21H28N4OS. The molecule has 0 radical (unpaired) electrons.